The van der Waals surface area contributed by atoms with Crippen molar-refractivity contribution >= 4 is 54.6 Å². The minimum atomic E-state index is -6.54. The van der Waals surface area contributed by atoms with Crippen LogP contribution in [0.5, 0.6) is 5.75 Å². The van der Waals surface area contributed by atoms with E-state index in [-0.39, 0.29) is 34.5 Å². The molecule has 0 radical (unpaired) electrons. The molecular formula is C18H20N6O18P4-4. The standard InChI is InChI=1S/C18H24N6O18P4/c1-8-13(26)10(3-25)9(2-20-8)4-37-43(29,30)40-45(33,34)42-46(35,36)41-44(31,32)38-5-11-14(27)15(28)18(39-11)24-7-23-12-16(19)21-6-22-17(12)24/h2-3,6-7,11,14-15,18,26-28H,4-5H2,1H3,(H,29,30)(H,31,32)(H,33,34)(H,35,36)(H2,19,21,22)/p-4/t11-,14-,15-,18-/m1/s1. The van der Waals surface area contributed by atoms with Gasteiger partial charge in [-0.05, 0) is 6.92 Å². The largest absolute Gasteiger partial charge is 0.756 e. The van der Waals surface area contributed by atoms with Crippen molar-refractivity contribution < 1.29 is 84.7 Å². The normalized spacial score (nSPS) is 25.4. The van der Waals surface area contributed by atoms with Gasteiger partial charge in [-0.25, -0.2) is 27.9 Å². The summed E-state index contributed by atoms with van der Waals surface area (Å²) in [4.78, 5) is 74.4. The van der Waals surface area contributed by atoms with E-state index < -0.39 is 80.4 Å². The van der Waals surface area contributed by atoms with Crippen LogP contribution in [0.15, 0.2) is 18.9 Å². The van der Waals surface area contributed by atoms with Gasteiger partial charge in [-0.2, -0.15) is 0 Å². The number of fused-ring (bicyclic) bond motifs is 1. The van der Waals surface area contributed by atoms with Gasteiger partial charge < -0.3 is 54.4 Å². The Bertz CT molecular complexity index is 1820. The zero-order valence-electron chi connectivity index (χ0n) is 22.6. The molecule has 0 aliphatic carbocycles. The highest BCUT2D eigenvalue weighted by Gasteiger charge is 2.45. The van der Waals surface area contributed by atoms with Crippen molar-refractivity contribution in [2.45, 2.75) is 38.1 Å². The predicted octanol–water partition coefficient (Wildman–Crippen LogP) is -2.59. The van der Waals surface area contributed by atoms with Crippen LogP contribution < -0.4 is 25.3 Å². The molecule has 1 aliphatic rings. The Morgan fingerprint density at radius 1 is 0.957 bits per heavy atom. The lowest BCUT2D eigenvalue weighted by atomic mass is 10.1. The molecule has 46 heavy (non-hydrogen) atoms. The first-order chi connectivity index (χ1) is 21.2. The van der Waals surface area contributed by atoms with E-state index in [1.54, 1.807) is 0 Å². The van der Waals surface area contributed by atoms with Gasteiger partial charge in [-0.15, -0.1) is 0 Å². The Morgan fingerprint density at radius 2 is 1.57 bits per heavy atom. The van der Waals surface area contributed by atoms with Crippen molar-refractivity contribution in [3.8, 4) is 5.75 Å². The van der Waals surface area contributed by atoms with Gasteiger partial charge in [0.25, 0.3) is 31.3 Å². The molecule has 0 bridgehead atoms. The van der Waals surface area contributed by atoms with Gasteiger partial charge in [-0.3, -0.25) is 32.6 Å². The van der Waals surface area contributed by atoms with E-state index in [1.165, 1.54) is 6.92 Å². The molecule has 4 unspecified atom stereocenters. The van der Waals surface area contributed by atoms with E-state index in [1.807, 2.05) is 0 Å². The molecule has 1 fully saturated rings. The maximum atomic E-state index is 12.1. The van der Waals surface area contributed by atoms with E-state index in [2.05, 4.69) is 41.9 Å². The highest BCUT2D eigenvalue weighted by atomic mass is 31.3. The van der Waals surface area contributed by atoms with Crippen molar-refractivity contribution in [2.24, 2.45) is 0 Å². The third-order valence-electron chi connectivity index (χ3n) is 5.85. The number of rotatable bonds is 14. The first-order valence-electron chi connectivity index (χ1n) is 12.0. The fourth-order valence-electron chi connectivity index (χ4n) is 3.81. The number of phosphoric ester groups is 2. The fourth-order valence-corrected chi connectivity index (χ4v) is 8.53. The number of carbonyl (C=O) groups excluding carboxylic acids is 1. The number of nitrogen functional groups attached to an aromatic ring is 1. The Labute approximate surface area is 255 Å². The monoisotopic (exact) mass is 732 g/mol. The SMILES string of the molecule is Cc1ncc(COP(=O)([O-])OP(=O)([O-])OP(=O)([O-])OP(=O)([O-])OC[C@H]2O[C@@H](n3cnc4c(N)ncnc43)[C@H](O)[C@@H]2O)c(C=O)c1O. The molecule has 4 rings (SSSR count). The number of aliphatic hydroxyl groups excluding tert-OH is 2. The second-order valence-electron chi connectivity index (χ2n) is 8.98. The summed E-state index contributed by atoms with van der Waals surface area (Å²) in [6, 6.07) is 0. The average Bonchev–Trinajstić information content (AvgIpc) is 3.47. The van der Waals surface area contributed by atoms with Crippen LogP contribution in [0.3, 0.4) is 0 Å². The van der Waals surface area contributed by atoms with E-state index in [4.69, 9.17) is 10.5 Å². The summed E-state index contributed by atoms with van der Waals surface area (Å²) in [6.07, 6.45) is -3.49. The van der Waals surface area contributed by atoms with Crippen LogP contribution in [0, 0.1) is 6.92 Å². The van der Waals surface area contributed by atoms with Gasteiger partial charge in [0, 0.05) is 11.8 Å². The van der Waals surface area contributed by atoms with Crippen LogP contribution >= 0.6 is 31.3 Å². The molecule has 1 aliphatic heterocycles. The molecule has 0 saturated carbocycles. The third-order valence-corrected chi connectivity index (χ3v) is 11.6. The Balaban J connectivity index is 1.34. The van der Waals surface area contributed by atoms with Crippen molar-refractivity contribution in [3.63, 3.8) is 0 Å². The van der Waals surface area contributed by atoms with E-state index >= 15 is 0 Å². The highest BCUT2D eigenvalue weighted by molar-refractivity contribution is 7.68. The maximum Gasteiger partial charge on any atom is 0.280 e. The molecule has 3 aromatic heterocycles. The quantitative estimate of drug-likeness (QED) is 0.0975. The minimum absolute atomic E-state index is 0.0193. The number of hydrogen-bond acceptors (Lipinski definition) is 23. The summed E-state index contributed by atoms with van der Waals surface area (Å²) in [6.45, 7) is -1.03. The number of aromatic nitrogens is 5. The molecule has 1 saturated heterocycles. The van der Waals surface area contributed by atoms with Crippen LogP contribution in [0.4, 0.5) is 5.82 Å². The zero-order chi connectivity index (χ0) is 34.2. The number of anilines is 1. The van der Waals surface area contributed by atoms with E-state index in [0.717, 1.165) is 23.4 Å². The molecular weight excluding hydrogens is 712 g/mol. The molecule has 0 aromatic carbocycles. The van der Waals surface area contributed by atoms with Gasteiger partial charge in [0.05, 0.1) is 30.8 Å². The molecule has 28 heteroatoms. The number of aldehydes is 1. The number of carbonyl (C=O) groups is 1. The van der Waals surface area contributed by atoms with Gasteiger partial charge in [-0.1, -0.05) is 0 Å². The van der Waals surface area contributed by atoms with Crippen molar-refractivity contribution in [3.05, 3.63) is 35.7 Å². The van der Waals surface area contributed by atoms with Crippen molar-refractivity contribution in [2.75, 3.05) is 12.3 Å². The number of nitrogens with two attached hydrogens (primary N) is 1. The number of ether oxygens (including phenoxy) is 1. The Kier molecular flexibility index (Phi) is 10.6. The summed E-state index contributed by atoms with van der Waals surface area (Å²) < 4.78 is 73.7. The number of pyridine rings is 1. The second-order valence-corrected chi connectivity index (χ2v) is 15.0. The summed E-state index contributed by atoms with van der Waals surface area (Å²) in [5, 5.41) is 30.5. The molecule has 5 N–H and O–H groups in total. The van der Waals surface area contributed by atoms with Gasteiger partial charge in [0.1, 0.15) is 35.9 Å². The lowest BCUT2D eigenvalue weighted by Gasteiger charge is -2.36. The summed E-state index contributed by atoms with van der Waals surface area (Å²) in [5.74, 6) is -0.667. The first-order valence-corrected chi connectivity index (χ1v) is 17.8. The van der Waals surface area contributed by atoms with Crippen LogP contribution in [0.1, 0.15) is 27.8 Å². The van der Waals surface area contributed by atoms with Gasteiger partial charge in [0.15, 0.2) is 24.0 Å². The highest BCUT2D eigenvalue weighted by Crippen LogP contribution is 2.67. The number of imidazole rings is 1. The van der Waals surface area contributed by atoms with E-state index in [0.29, 0.717) is 0 Å². The number of hydrogen-bond donors (Lipinski definition) is 4. The molecule has 254 valence electrons. The number of aryl methyl sites for hydroxylation is 1. The summed E-state index contributed by atoms with van der Waals surface area (Å²) in [5.41, 5.74) is 5.01. The number of nitrogens with zero attached hydrogens (tertiary/aromatic N) is 5. The second kappa shape index (κ2) is 13.5. The van der Waals surface area contributed by atoms with E-state index in [9.17, 15) is 57.9 Å². The molecule has 0 amide bonds. The van der Waals surface area contributed by atoms with Gasteiger partial charge >= 0.3 is 0 Å². The predicted molar refractivity (Wildman–Crippen MR) is 136 cm³/mol. The topological polar surface area (TPSA) is 376 Å². The van der Waals surface area contributed by atoms with Crippen LogP contribution in [-0.2, 0) is 51.6 Å². The summed E-state index contributed by atoms with van der Waals surface area (Å²) >= 11 is 0. The fraction of sp³-hybridized carbons (Fsp3) is 0.389. The molecule has 8 atom stereocenters. The van der Waals surface area contributed by atoms with Crippen molar-refractivity contribution in [1.82, 2.24) is 24.5 Å². The lowest BCUT2D eigenvalue weighted by molar-refractivity contribution is -0.255. The van der Waals surface area contributed by atoms with Gasteiger partial charge in [0.2, 0.25) is 0 Å². The third kappa shape index (κ3) is 8.46. The van der Waals surface area contributed by atoms with Crippen LogP contribution in [-0.4, -0.2) is 71.0 Å². The smallest absolute Gasteiger partial charge is 0.280 e. The molecule has 3 aromatic rings. The number of aromatic hydroxyl groups is 1. The maximum absolute atomic E-state index is 12.1. The minimum Gasteiger partial charge on any atom is -0.756 e. The van der Waals surface area contributed by atoms with Crippen LogP contribution in [0.25, 0.3) is 11.2 Å². The Morgan fingerprint density at radius 3 is 2.20 bits per heavy atom. The Hall–Kier alpha value is -2.59. The lowest BCUT2D eigenvalue weighted by Crippen LogP contribution is -2.34. The van der Waals surface area contributed by atoms with Crippen molar-refractivity contribution in [1.29, 1.82) is 0 Å². The molecule has 4 heterocycles. The summed E-state index contributed by atoms with van der Waals surface area (Å²) in [7, 11) is -25.2. The number of phosphoric acid groups is 4. The average molecular weight is 732 g/mol. The first kappa shape index (κ1) is 36.2. The zero-order valence-corrected chi connectivity index (χ0v) is 26.2. The molecule has 0 spiro atoms. The van der Waals surface area contributed by atoms with Crippen LogP contribution in [0.2, 0.25) is 0 Å². The molecule has 24 nitrogen and oxygen atoms in total. The number of aliphatic hydroxyl groups is 2.